The molecule has 0 radical (unpaired) electrons. The topological polar surface area (TPSA) is 172 Å². The SMILES string of the molecule is CC(C)CC(O)C(=O)NC1Cc2ccc3c(c2)C2(c4ccccc4NC2O3)c2oc(nc2-c2nc(CO)co2)C(C(C)C)NC1=O. The Bertz CT molecular complexity index is 1810. The maximum Gasteiger partial charge on any atom is 0.249 e. The van der Waals surface area contributed by atoms with Crippen LogP contribution in [0, 0.1) is 11.8 Å². The van der Waals surface area contributed by atoms with Crippen molar-refractivity contribution >= 4 is 17.5 Å². The molecule has 5 heterocycles. The number of rotatable bonds is 7. The third kappa shape index (κ3) is 4.74. The number of ether oxygens (including phenoxy) is 1. The zero-order valence-corrected chi connectivity index (χ0v) is 26.0. The Hall–Kier alpha value is -4.68. The quantitative estimate of drug-likeness (QED) is 0.204. The molecule has 12 nitrogen and oxygen atoms in total. The number of aromatic nitrogens is 2. The van der Waals surface area contributed by atoms with Crippen LogP contribution in [0.2, 0.25) is 0 Å². The Kier molecular flexibility index (Phi) is 7.36. The van der Waals surface area contributed by atoms with Gasteiger partial charge in [-0.3, -0.25) is 9.59 Å². The van der Waals surface area contributed by atoms with E-state index < -0.39 is 41.6 Å². The van der Waals surface area contributed by atoms with Crippen LogP contribution in [-0.4, -0.2) is 50.4 Å². The average molecular weight is 628 g/mol. The van der Waals surface area contributed by atoms with Crippen LogP contribution >= 0.6 is 0 Å². The molecule has 5 atom stereocenters. The lowest BCUT2D eigenvalue weighted by molar-refractivity contribution is -0.135. The van der Waals surface area contributed by atoms with Crippen LogP contribution in [0.25, 0.3) is 11.6 Å². The van der Waals surface area contributed by atoms with E-state index in [0.29, 0.717) is 22.9 Å². The molecule has 2 aromatic carbocycles. The number of hydrogen-bond donors (Lipinski definition) is 5. The first-order valence-corrected chi connectivity index (χ1v) is 15.6. The predicted molar refractivity (Wildman–Crippen MR) is 166 cm³/mol. The fraction of sp³-hybridized carbons (Fsp3) is 0.412. The zero-order chi connectivity index (χ0) is 32.3. The molecule has 240 valence electrons. The molecule has 0 fully saturated rings. The molecule has 4 bridgehead atoms. The molecule has 5 unspecified atom stereocenters. The molecule has 12 heteroatoms. The van der Waals surface area contributed by atoms with Gasteiger partial charge in [-0.15, -0.1) is 0 Å². The van der Waals surface area contributed by atoms with Crippen molar-refractivity contribution in [1.29, 1.82) is 0 Å². The third-order valence-electron chi connectivity index (χ3n) is 8.96. The van der Waals surface area contributed by atoms with Crippen LogP contribution in [0.3, 0.4) is 0 Å². The van der Waals surface area contributed by atoms with E-state index >= 15 is 0 Å². The summed E-state index contributed by atoms with van der Waals surface area (Å²) >= 11 is 0. The molecule has 3 aliphatic rings. The zero-order valence-electron chi connectivity index (χ0n) is 26.0. The third-order valence-corrected chi connectivity index (χ3v) is 8.96. The summed E-state index contributed by atoms with van der Waals surface area (Å²) < 4.78 is 19.2. The second-order valence-electron chi connectivity index (χ2n) is 13.0. The normalized spacial score (nSPS) is 23.5. The second kappa shape index (κ2) is 11.3. The van der Waals surface area contributed by atoms with Gasteiger partial charge in [-0.05, 0) is 41.5 Å². The number of benzene rings is 2. The van der Waals surface area contributed by atoms with Gasteiger partial charge in [-0.25, -0.2) is 9.97 Å². The van der Waals surface area contributed by atoms with Crippen LogP contribution in [0.5, 0.6) is 5.75 Å². The number of nitrogens with one attached hydrogen (secondary N) is 3. The molecule has 7 rings (SSSR count). The lowest BCUT2D eigenvalue weighted by Crippen LogP contribution is -2.52. The number of anilines is 1. The minimum atomic E-state index is -1.25. The standard InChI is InChI=1S/C34H37N5O7/c1-16(2)11-24(41)30(43)36-23-13-18-9-10-25-21(12-18)34(20-7-5-6-8-22(20)37-33(34)45-25)28-27(31-35-19(14-40)15-44-31)39-32(46-28)26(17(3)4)38-29(23)42/h5-10,12,15-17,23-24,26,33,37,40-41H,11,13-14H2,1-4H3,(H,36,43)(H,38,42). The highest BCUT2D eigenvalue weighted by Gasteiger charge is 2.61. The van der Waals surface area contributed by atoms with Crippen molar-refractivity contribution in [3.8, 4) is 17.3 Å². The molecule has 5 N–H and O–H groups in total. The highest BCUT2D eigenvalue weighted by Crippen LogP contribution is 2.59. The number of aliphatic hydroxyl groups excluding tert-OH is 2. The summed E-state index contributed by atoms with van der Waals surface area (Å²) in [4.78, 5) is 36.5. The Morgan fingerprint density at radius 1 is 1.11 bits per heavy atom. The van der Waals surface area contributed by atoms with Gasteiger partial charge in [0.2, 0.25) is 23.6 Å². The van der Waals surface area contributed by atoms with Crippen molar-refractivity contribution in [3.05, 3.63) is 82.8 Å². The van der Waals surface area contributed by atoms with Crippen LogP contribution in [0.4, 0.5) is 5.69 Å². The molecular weight excluding hydrogens is 590 g/mol. The lowest BCUT2D eigenvalue weighted by Gasteiger charge is -2.29. The van der Waals surface area contributed by atoms with Gasteiger partial charge >= 0.3 is 0 Å². The van der Waals surface area contributed by atoms with Crippen LogP contribution in [0.15, 0.2) is 57.6 Å². The maximum atomic E-state index is 14.0. The number of hydrogen-bond acceptors (Lipinski definition) is 10. The van der Waals surface area contributed by atoms with Gasteiger partial charge in [0.1, 0.15) is 41.3 Å². The van der Waals surface area contributed by atoms with Gasteiger partial charge in [-0.2, -0.15) is 0 Å². The van der Waals surface area contributed by atoms with Crippen molar-refractivity contribution in [2.45, 2.75) is 77.0 Å². The first-order valence-electron chi connectivity index (χ1n) is 15.6. The molecule has 2 amide bonds. The first-order chi connectivity index (χ1) is 22.1. The van der Waals surface area contributed by atoms with Crippen molar-refractivity contribution < 1.29 is 33.4 Å². The van der Waals surface area contributed by atoms with Crippen molar-refractivity contribution in [1.82, 2.24) is 20.6 Å². The Morgan fingerprint density at radius 2 is 1.91 bits per heavy atom. The summed E-state index contributed by atoms with van der Waals surface area (Å²) in [5, 5.41) is 29.7. The van der Waals surface area contributed by atoms with Gasteiger partial charge in [-0.1, -0.05) is 58.0 Å². The van der Waals surface area contributed by atoms with E-state index in [1.807, 2.05) is 70.2 Å². The number of fused-ring (bicyclic) bond motifs is 4. The number of aliphatic hydroxyl groups is 2. The molecule has 0 aliphatic carbocycles. The monoisotopic (exact) mass is 627 g/mol. The molecular formula is C34H37N5O7. The van der Waals surface area contributed by atoms with Crippen LogP contribution in [-0.2, 0) is 28.0 Å². The Morgan fingerprint density at radius 3 is 2.65 bits per heavy atom. The van der Waals surface area contributed by atoms with E-state index in [2.05, 4.69) is 20.9 Å². The Balaban J connectivity index is 1.45. The van der Waals surface area contributed by atoms with Gasteiger partial charge in [0.05, 0.1) is 6.61 Å². The molecule has 4 aromatic rings. The van der Waals surface area contributed by atoms with E-state index in [4.69, 9.17) is 18.6 Å². The van der Waals surface area contributed by atoms with Crippen molar-refractivity contribution in [3.63, 3.8) is 0 Å². The number of oxazole rings is 2. The van der Waals surface area contributed by atoms with E-state index in [1.165, 1.54) is 6.26 Å². The van der Waals surface area contributed by atoms with E-state index in [1.54, 1.807) is 0 Å². The van der Waals surface area contributed by atoms with Crippen LogP contribution < -0.4 is 20.7 Å². The van der Waals surface area contributed by atoms with Gasteiger partial charge in [0.15, 0.2) is 17.7 Å². The molecule has 0 saturated carbocycles. The van der Waals surface area contributed by atoms with E-state index in [0.717, 1.165) is 22.4 Å². The largest absolute Gasteiger partial charge is 0.469 e. The molecule has 1 spiro atoms. The highest BCUT2D eigenvalue weighted by molar-refractivity contribution is 5.90. The first kappa shape index (κ1) is 30.0. The van der Waals surface area contributed by atoms with Gasteiger partial charge in [0, 0.05) is 17.7 Å². The average Bonchev–Trinajstić information content (AvgIpc) is 3.79. The summed E-state index contributed by atoms with van der Waals surface area (Å²) in [7, 11) is 0. The summed E-state index contributed by atoms with van der Waals surface area (Å²) in [6, 6.07) is 11.9. The minimum absolute atomic E-state index is 0.0884. The van der Waals surface area contributed by atoms with Crippen molar-refractivity contribution in [2.24, 2.45) is 11.8 Å². The smallest absolute Gasteiger partial charge is 0.249 e. The number of nitrogens with zero attached hydrogens (tertiary/aromatic N) is 2. The summed E-state index contributed by atoms with van der Waals surface area (Å²) in [6.45, 7) is 7.38. The van der Waals surface area contributed by atoms with E-state index in [-0.39, 0.29) is 43.1 Å². The maximum absolute atomic E-state index is 14.0. The summed E-state index contributed by atoms with van der Waals surface area (Å²) in [5.74, 6) is 0.289. The van der Waals surface area contributed by atoms with Gasteiger partial charge in [0.25, 0.3) is 0 Å². The Labute approximate surface area is 265 Å². The number of para-hydroxylation sites is 1. The van der Waals surface area contributed by atoms with Crippen LogP contribution in [0.1, 0.15) is 74.2 Å². The van der Waals surface area contributed by atoms with E-state index in [9.17, 15) is 19.8 Å². The molecule has 2 aromatic heterocycles. The number of carbonyl (C=O) groups excluding carboxylic acids is 2. The lowest BCUT2D eigenvalue weighted by atomic mass is 9.72. The highest BCUT2D eigenvalue weighted by atomic mass is 16.5. The number of carbonyl (C=O) groups is 2. The van der Waals surface area contributed by atoms with Gasteiger partial charge < -0.3 is 39.7 Å². The van der Waals surface area contributed by atoms with Crippen molar-refractivity contribution in [2.75, 3.05) is 5.32 Å². The number of amides is 2. The summed E-state index contributed by atoms with van der Waals surface area (Å²) in [5.41, 5.74) is 2.94. The predicted octanol–water partition coefficient (Wildman–Crippen LogP) is 3.56. The minimum Gasteiger partial charge on any atom is -0.469 e. The second-order valence-corrected chi connectivity index (χ2v) is 13.0. The fourth-order valence-electron chi connectivity index (χ4n) is 6.76. The summed E-state index contributed by atoms with van der Waals surface area (Å²) in [6.07, 6.45) is -0.0631. The molecule has 0 saturated heterocycles. The molecule has 3 aliphatic heterocycles. The fourth-order valence-corrected chi connectivity index (χ4v) is 6.76. The molecule has 46 heavy (non-hydrogen) atoms.